The van der Waals surface area contributed by atoms with Crippen LogP contribution in [0.1, 0.15) is 29.5 Å². The summed E-state index contributed by atoms with van der Waals surface area (Å²) in [5.74, 6) is -1.90. The second-order valence-electron chi connectivity index (χ2n) is 9.05. The van der Waals surface area contributed by atoms with Gasteiger partial charge in [0.15, 0.2) is 0 Å². The maximum Gasteiger partial charge on any atom is 0.346 e. The molecule has 2 N–H and O–H groups in total. The third-order valence-corrected chi connectivity index (χ3v) is 6.13. The summed E-state index contributed by atoms with van der Waals surface area (Å²) in [6, 6.07) is 35.3. The van der Waals surface area contributed by atoms with Crippen molar-refractivity contribution in [1.29, 1.82) is 5.26 Å². The fourth-order valence-corrected chi connectivity index (χ4v) is 4.13. The van der Waals surface area contributed by atoms with Crippen LogP contribution in [-0.2, 0) is 9.59 Å². The van der Waals surface area contributed by atoms with Gasteiger partial charge in [-0.15, -0.1) is 0 Å². The summed E-state index contributed by atoms with van der Waals surface area (Å²) >= 11 is 0. The Kier molecular flexibility index (Phi) is 9.68. The minimum Gasteiger partial charge on any atom is -0.493 e. The molecule has 204 valence electrons. The molecule has 0 aliphatic rings. The van der Waals surface area contributed by atoms with Crippen LogP contribution in [0, 0.1) is 11.3 Å². The Morgan fingerprint density at radius 2 is 1.34 bits per heavy atom. The summed E-state index contributed by atoms with van der Waals surface area (Å²) < 4.78 is 5.78. The van der Waals surface area contributed by atoms with Gasteiger partial charge in [0.1, 0.15) is 17.4 Å². The van der Waals surface area contributed by atoms with Gasteiger partial charge >= 0.3 is 11.9 Å². The Hall–Kier alpha value is -5.61. The zero-order chi connectivity index (χ0) is 29.0. The fourth-order valence-electron chi connectivity index (χ4n) is 4.13. The number of hydrogen-bond acceptors (Lipinski definition) is 5. The van der Waals surface area contributed by atoms with Crippen molar-refractivity contribution in [2.24, 2.45) is 0 Å². The first-order valence-electron chi connectivity index (χ1n) is 13.0. The quantitative estimate of drug-likeness (QED) is 0.0819. The van der Waals surface area contributed by atoms with Gasteiger partial charge in [0.25, 0.3) is 0 Å². The number of carboxylic acid groups (broad SMARTS) is 2. The van der Waals surface area contributed by atoms with Crippen LogP contribution in [0.3, 0.4) is 0 Å². The summed E-state index contributed by atoms with van der Waals surface area (Å²) in [6.07, 6.45) is 5.34. The van der Waals surface area contributed by atoms with Gasteiger partial charge in [0.05, 0.1) is 6.61 Å². The molecule has 0 aliphatic heterocycles. The molecule has 0 atom stereocenters. The number of anilines is 3. The van der Waals surface area contributed by atoms with Crippen molar-refractivity contribution in [1.82, 2.24) is 0 Å². The molecule has 0 bridgehead atoms. The first kappa shape index (κ1) is 28.4. The second kappa shape index (κ2) is 14.0. The molecule has 0 fully saturated rings. The van der Waals surface area contributed by atoms with Crippen molar-refractivity contribution in [2.75, 3.05) is 11.5 Å². The highest BCUT2D eigenvalue weighted by Gasteiger charge is 2.12. The Balaban J connectivity index is 1.57. The van der Waals surface area contributed by atoms with Crippen LogP contribution in [0.15, 0.2) is 109 Å². The predicted octanol–water partition coefficient (Wildman–Crippen LogP) is 7.56. The van der Waals surface area contributed by atoms with Gasteiger partial charge in [-0.25, -0.2) is 4.79 Å². The number of benzene rings is 4. The van der Waals surface area contributed by atoms with Crippen LogP contribution in [0.4, 0.5) is 17.1 Å². The molecule has 4 rings (SSSR count). The Morgan fingerprint density at radius 1 is 0.780 bits per heavy atom. The highest BCUT2D eigenvalue weighted by Crippen LogP contribution is 2.34. The lowest BCUT2D eigenvalue weighted by Crippen LogP contribution is -2.09. The number of rotatable bonds is 12. The topological polar surface area (TPSA) is 111 Å². The molecule has 0 saturated heterocycles. The molecular weight excluding hydrogens is 516 g/mol. The van der Waals surface area contributed by atoms with E-state index in [9.17, 15) is 14.7 Å². The van der Waals surface area contributed by atoms with Crippen LogP contribution in [-0.4, -0.2) is 28.8 Å². The maximum atomic E-state index is 11.3. The molecule has 0 spiro atoms. The van der Waals surface area contributed by atoms with Gasteiger partial charge in [-0.1, -0.05) is 72.8 Å². The van der Waals surface area contributed by atoms with E-state index in [2.05, 4.69) is 41.3 Å². The summed E-state index contributed by atoms with van der Waals surface area (Å²) in [4.78, 5) is 24.3. The molecule has 0 aliphatic carbocycles. The van der Waals surface area contributed by atoms with E-state index in [1.807, 2.05) is 60.7 Å². The number of nitrogens with zero attached hydrogens (tertiary/aromatic N) is 2. The Morgan fingerprint density at radius 3 is 1.90 bits per heavy atom. The van der Waals surface area contributed by atoms with E-state index in [0.717, 1.165) is 28.2 Å². The van der Waals surface area contributed by atoms with Crippen molar-refractivity contribution in [3.8, 4) is 11.8 Å². The minimum absolute atomic E-state index is 0.0503. The van der Waals surface area contributed by atoms with E-state index in [1.54, 1.807) is 24.3 Å². The molecule has 41 heavy (non-hydrogen) atoms. The number of carbonyl (C=O) groups is 2. The SMILES string of the molecule is N#C/C(=C/c1ccc(/C=C/c2ccc(N(c3ccccc3)c3ccccc3)cc2)cc1OCCCC(=O)O)C(=O)O. The summed E-state index contributed by atoms with van der Waals surface area (Å²) in [7, 11) is 0. The number of para-hydroxylation sites is 2. The lowest BCUT2D eigenvalue weighted by molar-refractivity contribution is -0.137. The highest BCUT2D eigenvalue weighted by atomic mass is 16.5. The minimum atomic E-state index is -1.34. The third kappa shape index (κ3) is 7.94. The number of hydrogen-bond donors (Lipinski definition) is 2. The molecule has 0 unspecified atom stereocenters. The van der Waals surface area contributed by atoms with E-state index >= 15 is 0 Å². The van der Waals surface area contributed by atoms with Crippen LogP contribution in [0.25, 0.3) is 18.2 Å². The normalized spacial score (nSPS) is 11.1. The molecule has 0 heterocycles. The largest absolute Gasteiger partial charge is 0.493 e. The van der Waals surface area contributed by atoms with Gasteiger partial charge in [-0.3, -0.25) is 4.79 Å². The van der Waals surface area contributed by atoms with Crippen molar-refractivity contribution in [2.45, 2.75) is 12.8 Å². The maximum absolute atomic E-state index is 11.3. The van der Waals surface area contributed by atoms with Crippen molar-refractivity contribution in [3.05, 3.63) is 125 Å². The van der Waals surface area contributed by atoms with Gasteiger partial charge in [0.2, 0.25) is 0 Å². The number of ether oxygens (including phenoxy) is 1. The summed E-state index contributed by atoms with van der Waals surface area (Å²) in [6.45, 7) is 0.135. The zero-order valence-corrected chi connectivity index (χ0v) is 22.2. The third-order valence-electron chi connectivity index (χ3n) is 6.13. The number of aliphatic carboxylic acids is 2. The fraction of sp³-hybridized carbons (Fsp3) is 0.0882. The van der Waals surface area contributed by atoms with Crippen LogP contribution in [0.5, 0.6) is 5.75 Å². The van der Waals surface area contributed by atoms with Crippen molar-refractivity contribution >= 4 is 47.2 Å². The van der Waals surface area contributed by atoms with Crippen LogP contribution >= 0.6 is 0 Å². The molecule has 0 amide bonds. The average molecular weight is 545 g/mol. The van der Waals surface area contributed by atoms with Gasteiger partial charge in [0, 0.05) is 29.0 Å². The van der Waals surface area contributed by atoms with E-state index in [4.69, 9.17) is 15.1 Å². The van der Waals surface area contributed by atoms with E-state index in [1.165, 1.54) is 6.08 Å². The van der Waals surface area contributed by atoms with Crippen LogP contribution in [0.2, 0.25) is 0 Å². The molecule has 4 aromatic rings. The van der Waals surface area contributed by atoms with E-state index in [0.29, 0.717) is 11.3 Å². The predicted molar refractivity (Wildman–Crippen MR) is 160 cm³/mol. The summed E-state index contributed by atoms with van der Waals surface area (Å²) in [5, 5.41) is 27.3. The van der Waals surface area contributed by atoms with E-state index < -0.39 is 17.5 Å². The Bertz CT molecular complexity index is 1550. The average Bonchev–Trinajstić information content (AvgIpc) is 2.99. The Labute approximate surface area is 238 Å². The molecule has 7 heteroatoms. The first-order chi connectivity index (χ1) is 19.9. The second-order valence-corrected chi connectivity index (χ2v) is 9.05. The summed E-state index contributed by atoms with van der Waals surface area (Å²) in [5.41, 5.74) is 4.87. The van der Waals surface area contributed by atoms with E-state index in [-0.39, 0.29) is 19.4 Å². The molecule has 7 nitrogen and oxygen atoms in total. The smallest absolute Gasteiger partial charge is 0.346 e. The van der Waals surface area contributed by atoms with Crippen LogP contribution < -0.4 is 9.64 Å². The molecule has 4 aromatic carbocycles. The zero-order valence-electron chi connectivity index (χ0n) is 22.2. The molecular formula is C34H28N2O5. The monoisotopic (exact) mass is 544 g/mol. The van der Waals surface area contributed by atoms with Gasteiger partial charge in [-0.2, -0.15) is 5.26 Å². The number of nitriles is 1. The van der Waals surface area contributed by atoms with Gasteiger partial charge < -0.3 is 19.8 Å². The standard InChI is InChI=1S/C34H28N2O5/c35-24-28(34(39)40)23-27-18-15-26(22-32(27)41-21-7-12-33(37)38)14-13-25-16-19-31(20-17-25)36(29-8-3-1-4-9-29)30-10-5-2-6-11-30/h1-6,8-11,13-20,22-23H,7,12,21H2,(H,37,38)(H,39,40)/b14-13+,28-23-. The van der Waals surface area contributed by atoms with Crippen molar-refractivity contribution < 1.29 is 24.5 Å². The molecule has 0 saturated carbocycles. The van der Waals surface area contributed by atoms with Crippen molar-refractivity contribution in [3.63, 3.8) is 0 Å². The highest BCUT2D eigenvalue weighted by molar-refractivity contribution is 5.97. The molecule has 0 aromatic heterocycles. The first-order valence-corrected chi connectivity index (χ1v) is 13.0. The lowest BCUT2D eigenvalue weighted by Gasteiger charge is -2.25. The number of carboxylic acids is 2. The lowest BCUT2D eigenvalue weighted by atomic mass is 10.1. The van der Waals surface area contributed by atoms with Gasteiger partial charge in [-0.05, 0) is 66.1 Å². The molecule has 0 radical (unpaired) electrons.